The monoisotopic (exact) mass is 363 g/mol. The van der Waals surface area contributed by atoms with E-state index in [-0.39, 0.29) is 5.56 Å². The maximum absolute atomic E-state index is 11.3. The summed E-state index contributed by atoms with van der Waals surface area (Å²) in [5.41, 5.74) is 2.02. The predicted octanol–water partition coefficient (Wildman–Crippen LogP) is 3.58. The molecule has 0 aliphatic carbocycles. The second-order valence-corrected chi connectivity index (χ2v) is 6.20. The zero-order valence-electron chi connectivity index (χ0n) is 11.2. The number of aromatic carboxylic acids is 1. The largest absolute Gasteiger partial charge is 0.478 e. The zero-order chi connectivity index (χ0) is 15.6. The lowest BCUT2D eigenvalue weighted by molar-refractivity contribution is 0.0693. The van der Waals surface area contributed by atoms with Crippen molar-refractivity contribution in [1.29, 1.82) is 5.26 Å². The highest BCUT2D eigenvalue weighted by atomic mass is 79.9. The third-order valence-corrected chi connectivity index (χ3v) is 4.44. The molecule has 106 valence electrons. The number of nitrogens with zero attached hydrogens (tertiary/aromatic N) is 3. The van der Waals surface area contributed by atoms with Gasteiger partial charge in [0.15, 0.2) is 0 Å². The molecule has 7 heteroatoms. The quantitative estimate of drug-likeness (QED) is 0.896. The Morgan fingerprint density at radius 1 is 1.38 bits per heavy atom. The second kappa shape index (κ2) is 6.24. The van der Waals surface area contributed by atoms with E-state index in [4.69, 9.17) is 0 Å². The minimum Gasteiger partial charge on any atom is -0.478 e. The standard InChI is InChI=1S/C14H10BrN3O2S/c1-7-8(2)17-18-13(11(7)6-16)21-12-5-9(15)3-4-10(12)14(19)20/h3-5H,1-2H3,(H,19,20). The first-order valence-electron chi connectivity index (χ1n) is 5.88. The summed E-state index contributed by atoms with van der Waals surface area (Å²) in [5, 5.41) is 26.9. The molecule has 0 aliphatic heterocycles. The molecule has 0 aliphatic rings. The Morgan fingerprint density at radius 3 is 2.71 bits per heavy atom. The predicted molar refractivity (Wildman–Crippen MR) is 81.4 cm³/mol. The fourth-order valence-electron chi connectivity index (χ4n) is 1.65. The molecule has 0 fully saturated rings. The number of rotatable bonds is 3. The molecule has 0 atom stereocenters. The average Bonchev–Trinajstić information content (AvgIpc) is 2.43. The maximum Gasteiger partial charge on any atom is 0.336 e. The highest BCUT2D eigenvalue weighted by Crippen LogP contribution is 2.34. The average molecular weight is 364 g/mol. The molecule has 0 amide bonds. The van der Waals surface area contributed by atoms with Crippen molar-refractivity contribution in [3.63, 3.8) is 0 Å². The lowest BCUT2D eigenvalue weighted by Gasteiger charge is -2.09. The van der Waals surface area contributed by atoms with Crippen molar-refractivity contribution in [3.05, 3.63) is 45.1 Å². The smallest absolute Gasteiger partial charge is 0.336 e. The van der Waals surface area contributed by atoms with E-state index in [9.17, 15) is 15.2 Å². The van der Waals surface area contributed by atoms with E-state index in [2.05, 4.69) is 32.2 Å². The molecule has 1 N–H and O–H groups in total. The zero-order valence-corrected chi connectivity index (χ0v) is 13.6. The van der Waals surface area contributed by atoms with Crippen LogP contribution in [0.4, 0.5) is 0 Å². The first-order valence-corrected chi connectivity index (χ1v) is 7.49. The Bertz CT molecular complexity index is 772. The topological polar surface area (TPSA) is 86.9 Å². The molecule has 1 heterocycles. The molecule has 0 saturated carbocycles. The van der Waals surface area contributed by atoms with Gasteiger partial charge in [-0.05, 0) is 37.6 Å². The Labute approximate surface area is 134 Å². The van der Waals surface area contributed by atoms with E-state index >= 15 is 0 Å². The molecule has 0 unspecified atom stereocenters. The lowest BCUT2D eigenvalue weighted by Crippen LogP contribution is -2.01. The van der Waals surface area contributed by atoms with Gasteiger partial charge in [0.25, 0.3) is 0 Å². The van der Waals surface area contributed by atoms with Crippen LogP contribution in [0.1, 0.15) is 27.2 Å². The number of aromatic nitrogens is 2. The third kappa shape index (κ3) is 3.23. The van der Waals surface area contributed by atoms with Gasteiger partial charge in [0.2, 0.25) is 0 Å². The molecule has 0 saturated heterocycles. The molecule has 5 nitrogen and oxygen atoms in total. The van der Waals surface area contributed by atoms with Crippen LogP contribution in [-0.2, 0) is 0 Å². The molecule has 21 heavy (non-hydrogen) atoms. The van der Waals surface area contributed by atoms with Crippen LogP contribution < -0.4 is 0 Å². The van der Waals surface area contributed by atoms with Gasteiger partial charge in [0, 0.05) is 9.37 Å². The maximum atomic E-state index is 11.3. The van der Waals surface area contributed by atoms with Gasteiger partial charge >= 0.3 is 5.97 Å². The molecular formula is C14H10BrN3O2S. The van der Waals surface area contributed by atoms with Crippen LogP contribution in [0.25, 0.3) is 0 Å². The van der Waals surface area contributed by atoms with Crippen molar-refractivity contribution in [1.82, 2.24) is 10.2 Å². The molecular weight excluding hydrogens is 354 g/mol. The summed E-state index contributed by atoms with van der Waals surface area (Å²) in [6, 6.07) is 6.96. The number of hydrogen-bond acceptors (Lipinski definition) is 5. The van der Waals surface area contributed by atoms with Crippen molar-refractivity contribution in [2.24, 2.45) is 0 Å². The summed E-state index contributed by atoms with van der Waals surface area (Å²) in [5.74, 6) is -1.03. The van der Waals surface area contributed by atoms with Crippen molar-refractivity contribution in [2.45, 2.75) is 23.8 Å². The van der Waals surface area contributed by atoms with Gasteiger partial charge in [-0.25, -0.2) is 4.79 Å². The lowest BCUT2D eigenvalue weighted by atomic mass is 10.1. The second-order valence-electron chi connectivity index (χ2n) is 4.25. The Kier molecular flexibility index (Phi) is 4.60. The SMILES string of the molecule is Cc1nnc(Sc2cc(Br)ccc2C(=O)O)c(C#N)c1C. The Hall–Kier alpha value is -1.91. The summed E-state index contributed by atoms with van der Waals surface area (Å²) in [6.07, 6.45) is 0. The van der Waals surface area contributed by atoms with Crippen LogP contribution in [0.2, 0.25) is 0 Å². The van der Waals surface area contributed by atoms with Crippen LogP contribution >= 0.6 is 27.7 Å². The van der Waals surface area contributed by atoms with Crippen molar-refractivity contribution in [2.75, 3.05) is 0 Å². The number of carboxylic acid groups (broad SMARTS) is 1. The van der Waals surface area contributed by atoms with Gasteiger partial charge in [-0.2, -0.15) is 10.4 Å². The van der Waals surface area contributed by atoms with Gasteiger partial charge in [-0.1, -0.05) is 27.7 Å². The van der Waals surface area contributed by atoms with E-state index in [1.54, 1.807) is 26.0 Å². The van der Waals surface area contributed by atoms with E-state index in [0.717, 1.165) is 21.8 Å². The van der Waals surface area contributed by atoms with Crippen LogP contribution in [-0.4, -0.2) is 21.3 Å². The highest BCUT2D eigenvalue weighted by molar-refractivity contribution is 9.10. The number of carboxylic acids is 1. The van der Waals surface area contributed by atoms with Crippen LogP contribution in [0.15, 0.2) is 32.6 Å². The van der Waals surface area contributed by atoms with Crippen LogP contribution in [0.3, 0.4) is 0 Å². The summed E-state index contributed by atoms with van der Waals surface area (Å²) in [7, 11) is 0. The fraction of sp³-hybridized carbons (Fsp3) is 0.143. The molecule has 1 aromatic carbocycles. The normalized spacial score (nSPS) is 10.2. The first kappa shape index (κ1) is 15.5. The fourth-order valence-corrected chi connectivity index (χ4v) is 3.21. The summed E-state index contributed by atoms with van der Waals surface area (Å²) < 4.78 is 0.755. The number of halogens is 1. The van der Waals surface area contributed by atoms with Gasteiger partial charge in [-0.15, -0.1) is 5.10 Å². The van der Waals surface area contributed by atoms with E-state index in [0.29, 0.717) is 21.2 Å². The molecule has 0 radical (unpaired) electrons. The first-order chi connectivity index (χ1) is 9.93. The number of hydrogen-bond donors (Lipinski definition) is 1. The van der Waals surface area contributed by atoms with E-state index < -0.39 is 5.97 Å². The number of benzene rings is 1. The summed E-state index contributed by atoms with van der Waals surface area (Å²) in [6.45, 7) is 3.57. The summed E-state index contributed by atoms with van der Waals surface area (Å²) >= 11 is 4.44. The van der Waals surface area contributed by atoms with Gasteiger partial charge in [0.05, 0.1) is 16.8 Å². The number of aryl methyl sites for hydroxylation is 1. The van der Waals surface area contributed by atoms with Crippen LogP contribution in [0.5, 0.6) is 0 Å². The minimum atomic E-state index is -1.03. The molecule has 0 spiro atoms. The van der Waals surface area contributed by atoms with Crippen molar-refractivity contribution in [3.8, 4) is 6.07 Å². The van der Waals surface area contributed by atoms with E-state index in [1.165, 1.54) is 6.07 Å². The van der Waals surface area contributed by atoms with E-state index in [1.807, 2.05) is 0 Å². The molecule has 0 bridgehead atoms. The van der Waals surface area contributed by atoms with Gasteiger partial charge in [-0.3, -0.25) is 0 Å². The Morgan fingerprint density at radius 2 is 2.10 bits per heavy atom. The Balaban J connectivity index is 2.53. The van der Waals surface area contributed by atoms with Gasteiger partial charge in [0.1, 0.15) is 11.1 Å². The third-order valence-electron chi connectivity index (χ3n) is 2.91. The van der Waals surface area contributed by atoms with Crippen molar-refractivity contribution < 1.29 is 9.90 Å². The minimum absolute atomic E-state index is 0.159. The summed E-state index contributed by atoms with van der Waals surface area (Å²) in [4.78, 5) is 11.8. The molecule has 1 aromatic heterocycles. The number of nitriles is 1. The molecule has 2 aromatic rings. The number of carbonyl (C=O) groups is 1. The highest BCUT2D eigenvalue weighted by Gasteiger charge is 2.17. The van der Waals surface area contributed by atoms with Crippen LogP contribution in [0, 0.1) is 25.2 Å². The molecule has 2 rings (SSSR count). The van der Waals surface area contributed by atoms with Gasteiger partial charge < -0.3 is 5.11 Å². The van der Waals surface area contributed by atoms with Crippen molar-refractivity contribution >= 4 is 33.7 Å².